The molecule has 7 rings (SSSR count). The summed E-state index contributed by atoms with van der Waals surface area (Å²) in [6.45, 7) is 0.712. The zero-order valence-corrected chi connectivity index (χ0v) is 28.6. The number of phenolic OH excluding ortho intramolecular Hbond substituents is 2. The molecule has 5 atom stereocenters. The number of fused-ring (bicyclic) bond motifs is 2. The van der Waals surface area contributed by atoms with Crippen LogP contribution in [0.1, 0.15) is 73.0 Å². The van der Waals surface area contributed by atoms with E-state index in [1.807, 2.05) is 36.4 Å². The fourth-order valence-corrected chi connectivity index (χ4v) is 8.02. The number of methoxy groups -OCH3 is 2. The van der Waals surface area contributed by atoms with Gasteiger partial charge in [-0.2, -0.15) is 0 Å². The van der Waals surface area contributed by atoms with Crippen LogP contribution < -0.4 is 18.9 Å². The van der Waals surface area contributed by atoms with Gasteiger partial charge in [-0.15, -0.1) is 0 Å². The van der Waals surface area contributed by atoms with Crippen LogP contribution in [0.5, 0.6) is 34.5 Å². The molecule has 2 heterocycles. The van der Waals surface area contributed by atoms with Gasteiger partial charge in [0.05, 0.1) is 32.0 Å². The van der Waals surface area contributed by atoms with Crippen LogP contribution in [0.3, 0.4) is 0 Å². The van der Waals surface area contributed by atoms with Gasteiger partial charge in [0, 0.05) is 48.7 Å². The van der Waals surface area contributed by atoms with E-state index in [4.69, 9.17) is 23.7 Å². The zero-order valence-electron chi connectivity index (χ0n) is 28.6. The first kappa shape index (κ1) is 34.0. The van der Waals surface area contributed by atoms with Gasteiger partial charge >= 0.3 is 0 Å². The van der Waals surface area contributed by atoms with Crippen molar-refractivity contribution in [2.24, 2.45) is 11.8 Å². The molecular formula is C41H46O9. The summed E-state index contributed by atoms with van der Waals surface area (Å²) in [5, 5.41) is 45.0. The number of aromatic hydroxyl groups is 2. The third-order valence-corrected chi connectivity index (χ3v) is 10.5. The summed E-state index contributed by atoms with van der Waals surface area (Å²) in [4.78, 5) is 0. The highest BCUT2D eigenvalue weighted by atomic mass is 16.5. The molecule has 1 saturated carbocycles. The van der Waals surface area contributed by atoms with E-state index in [1.54, 1.807) is 50.6 Å². The molecule has 0 bridgehead atoms. The smallest absolute Gasteiger partial charge is 0.128 e. The van der Waals surface area contributed by atoms with Crippen LogP contribution in [0.15, 0.2) is 72.8 Å². The SMILES string of the molecule is COCCC[C@@H]1Oc2ccc(OC)cc2[C@H](O)[C@@H]1[C@@H]1COc2c(Cc3cc(O)ccc3-c3cccc(O)c3)cc(OC3CCCC3)cc2[C@H]1O. The third kappa shape index (κ3) is 6.95. The Labute approximate surface area is 293 Å². The van der Waals surface area contributed by atoms with Crippen molar-refractivity contribution in [2.45, 2.75) is 69.4 Å². The van der Waals surface area contributed by atoms with Crippen molar-refractivity contribution in [3.8, 4) is 45.6 Å². The first-order valence-electron chi connectivity index (χ1n) is 17.6. The number of aliphatic hydroxyl groups is 2. The maximum atomic E-state index is 12.3. The van der Waals surface area contributed by atoms with E-state index < -0.39 is 24.0 Å². The Morgan fingerprint density at radius 1 is 0.800 bits per heavy atom. The van der Waals surface area contributed by atoms with Gasteiger partial charge in [-0.1, -0.05) is 18.2 Å². The van der Waals surface area contributed by atoms with Gasteiger partial charge in [0.15, 0.2) is 0 Å². The maximum absolute atomic E-state index is 12.3. The predicted molar refractivity (Wildman–Crippen MR) is 188 cm³/mol. The molecule has 4 N–H and O–H groups in total. The van der Waals surface area contributed by atoms with Crippen LogP contribution in [0.2, 0.25) is 0 Å². The molecule has 4 aromatic rings. The Hall–Kier alpha value is -4.44. The minimum atomic E-state index is -0.986. The molecule has 1 aliphatic carbocycles. The van der Waals surface area contributed by atoms with Crippen molar-refractivity contribution >= 4 is 0 Å². The van der Waals surface area contributed by atoms with Crippen LogP contribution in [0, 0.1) is 11.8 Å². The number of benzene rings is 4. The van der Waals surface area contributed by atoms with Crippen molar-refractivity contribution in [2.75, 3.05) is 27.4 Å². The molecule has 0 radical (unpaired) electrons. The molecule has 3 aliphatic rings. The summed E-state index contributed by atoms with van der Waals surface area (Å²) in [6, 6.07) is 21.6. The van der Waals surface area contributed by atoms with Crippen molar-refractivity contribution < 1.29 is 44.1 Å². The lowest BCUT2D eigenvalue weighted by Crippen LogP contribution is -2.46. The van der Waals surface area contributed by atoms with Crippen LogP contribution in [0.25, 0.3) is 11.1 Å². The van der Waals surface area contributed by atoms with Crippen molar-refractivity contribution in [3.63, 3.8) is 0 Å². The second-order valence-electron chi connectivity index (χ2n) is 13.7. The summed E-state index contributed by atoms with van der Waals surface area (Å²) < 4.78 is 30.5. The van der Waals surface area contributed by atoms with Crippen LogP contribution in [-0.2, 0) is 11.2 Å². The lowest BCUT2D eigenvalue weighted by Gasteiger charge is -2.45. The van der Waals surface area contributed by atoms with Gasteiger partial charge < -0.3 is 44.1 Å². The van der Waals surface area contributed by atoms with E-state index in [1.165, 1.54) is 0 Å². The number of hydrogen-bond donors (Lipinski definition) is 4. The lowest BCUT2D eigenvalue weighted by molar-refractivity contribution is -0.0889. The fraction of sp³-hybridized carbons (Fsp3) is 0.415. The van der Waals surface area contributed by atoms with Gasteiger partial charge in [-0.05, 0) is 110 Å². The highest BCUT2D eigenvalue weighted by Gasteiger charge is 2.47. The second kappa shape index (κ2) is 14.8. The van der Waals surface area contributed by atoms with Gasteiger partial charge in [0.25, 0.3) is 0 Å². The molecule has 0 spiro atoms. The van der Waals surface area contributed by atoms with Crippen LogP contribution in [-0.4, -0.2) is 60.1 Å². The van der Waals surface area contributed by atoms with E-state index in [9.17, 15) is 20.4 Å². The standard InChI is InChI=1S/C41H46O9/c1-46-16-6-11-37-38(40(45)33-21-30(47-2)13-15-36(33)50-37)35-23-48-41-26(20-31(22-34(41)39(35)44)49-29-9-3-4-10-29)17-25-19-28(43)12-14-32(25)24-7-5-8-27(42)18-24/h5,7-8,12-15,18-22,29,35,37-40,42-45H,3-4,6,9-11,16-17,23H2,1-2H3/t35-,37-,38+,39+,40-/m0/s1. The van der Waals surface area contributed by atoms with E-state index in [0.29, 0.717) is 53.6 Å². The zero-order chi connectivity index (χ0) is 34.8. The van der Waals surface area contributed by atoms with Gasteiger partial charge in [0.1, 0.15) is 40.6 Å². The Morgan fingerprint density at radius 2 is 1.60 bits per heavy atom. The van der Waals surface area contributed by atoms with Gasteiger partial charge in [-0.25, -0.2) is 0 Å². The number of phenols is 2. The first-order valence-corrected chi connectivity index (χ1v) is 17.6. The topological polar surface area (TPSA) is 127 Å². The molecule has 0 aromatic heterocycles. The molecule has 0 unspecified atom stereocenters. The van der Waals surface area contributed by atoms with Crippen molar-refractivity contribution in [1.82, 2.24) is 0 Å². The minimum Gasteiger partial charge on any atom is -0.508 e. The number of hydrogen-bond acceptors (Lipinski definition) is 9. The van der Waals surface area contributed by atoms with Crippen LogP contribution >= 0.6 is 0 Å². The van der Waals surface area contributed by atoms with Gasteiger partial charge in [-0.3, -0.25) is 0 Å². The van der Waals surface area contributed by atoms with Gasteiger partial charge in [0.2, 0.25) is 0 Å². The summed E-state index contributed by atoms with van der Waals surface area (Å²) >= 11 is 0. The van der Waals surface area contributed by atoms with Crippen LogP contribution in [0.4, 0.5) is 0 Å². The molecule has 9 nitrogen and oxygen atoms in total. The predicted octanol–water partition coefficient (Wildman–Crippen LogP) is 7.27. The van der Waals surface area contributed by atoms with Crippen molar-refractivity contribution in [1.29, 1.82) is 0 Å². The molecule has 4 aromatic carbocycles. The average molecular weight is 683 g/mol. The minimum absolute atomic E-state index is 0.0900. The molecule has 0 saturated heterocycles. The average Bonchev–Trinajstić information content (AvgIpc) is 3.62. The normalized spacial score (nSPS) is 23.0. The number of ether oxygens (including phenoxy) is 5. The summed E-state index contributed by atoms with van der Waals surface area (Å²) in [7, 11) is 3.25. The Kier molecular flexibility index (Phi) is 10.1. The number of aliphatic hydroxyl groups excluding tert-OH is 2. The van der Waals surface area contributed by atoms with E-state index in [2.05, 4.69) is 0 Å². The molecule has 50 heavy (non-hydrogen) atoms. The summed E-state index contributed by atoms with van der Waals surface area (Å²) in [5.41, 5.74) is 4.54. The van der Waals surface area contributed by atoms with E-state index in [0.717, 1.165) is 54.4 Å². The summed E-state index contributed by atoms with van der Waals surface area (Å²) in [6.07, 6.45) is 3.69. The Morgan fingerprint density at radius 3 is 2.38 bits per heavy atom. The molecule has 1 fully saturated rings. The molecule has 264 valence electrons. The van der Waals surface area contributed by atoms with E-state index >= 15 is 0 Å². The maximum Gasteiger partial charge on any atom is 0.128 e. The largest absolute Gasteiger partial charge is 0.508 e. The highest BCUT2D eigenvalue weighted by molar-refractivity contribution is 5.70. The monoisotopic (exact) mass is 682 g/mol. The molecule has 0 amide bonds. The van der Waals surface area contributed by atoms with Crippen molar-refractivity contribution in [3.05, 3.63) is 95.1 Å². The molecule has 9 heteroatoms. The summed E-state index contributed by atoms with van der Waals surface area (Å²) in [5.74, 6) is 1.74. The third-order valence-electron chi connectivity index (χ3n) is 10.5. The quantitative estimate of drug-likeness (QED) is 0.121. The first-order chi connectivity index (χ1) is 24.3. The highest BCUT2D eigenvalue weighted by Crippen LogP contribution is 2.51. The lowest BCUT2D eigenvalue weighted by atomic mass is 9.72. The Balaban J connectivity index is 1.27. The van der Waals surface area contributed by atoms with E-state index in [-0.39, 0.29) is 30.3 Å². The second-order valence-corrected chi connectivity index (χ2v) is 13.7. The Bertz CT molecular complexity index is 1800. The molecule has 2 aliphatic heterocycles. The fourth-order valence-electron chi connectivity index (χ4n) is 8.02. The number of rotatable bonds is 11. The molecular weight excluding hydrogens is 636 g/mol.